The van der Waals surface area contributed by atoms with Gasteiger partial charge in [0.1, 0.15) is 0 Å². The van der Waals surface area contributed by atoms with Gasteiger partial charge in [-0.05, 0) is 62.7 Å². The van der Waals surface area contributed by atoms with Gasteiger partial charge >= 0.3 is 23.9 Å². The Bertz CT molecular complexity index is 1090. The van der Waals surface area contributed by atoms with E-state index in [1.165, 1.54) is 52.0 Å². The molecule has 8 nitrogen and oxygen atoms in total. The zero-order valence-corrected chi connectivity index (χ0v) is 19.4. The standard InChI is InChI=1S/C26H24O8/c1-13(2)23(27)31-19-9-17-11-21(33-25(29)15(5)6)22(34-26(30)16(7)8)12-18(17)10-20(19)32-24(28)14(3)4/h9-12H,1,3,5,7H2,2,4,6,8H3. The molecule has 0 saturated carbocycles. The Hall–Kier alpha value is -4.46. The van der Waals surface area contributed by atoms with Crippen molar-refractivity contribution in [3.05, 3.63) is 72.9 Å². The molecule has 0 aliphatic carbocycles. The van der Waals surface area contributed by atoms with E-state index < -0.39 is 23.9 Å². The number of fused-ring (bicyclic) bond motifs is 1. The van der Waals surface area contributed by atoms with Crippen molar-refractivity contribution in [2.24, 2.45) is 0 Å². The molecule has 0 bridgehead atoms. The summed E-state index contributed by atoms with van der Waals surface area (Å²) in [6, 6.07) is 5.61. The number of rotatable bonds is 8. The third-order valence-corrected chi connectivity index (χ3v) is 4.17. The fraction of sp³-hybridized carbons (Fsp3) is 0.154. The Morgan fingerprint density at radius 1 is 0.471 bits per heavy atom. The molecule has 0 spiro atoms. The lowest BCUT2D eigenvalue weighted by molar-refractivity contribution is -0.132. The third-order valence-electron chi connectivity index (χ3n) is 4.17. The first-order chi connectivity index (χ1) is 15.8. The summed E-state index contributed by atoms with van der Waals surface area (Å²) >= 11 is 0. The van der Waals surface area contributed by atoms with Gasteiger partial charge in [0.05, 0.1) is 0 Å². The van der Waals surface area contributed by atoms with Gasteiger partial charge in [0.15, 0.2) is 23.0 Å². The zero-order chi connectivity index (χ0) is 25.7. The average molecular weight is 464 g/mol. The Kier molecular flexibility index (Phi) is 7.92. The van der Waals surface area contributed by atoms with Gasteiger partial charge in [0.2, 0.25) is 0 Å². The van der Waals surface area contributed by atoms with Crippen molar-refractivity contribution in [3.63, 3.8) is 0 Å². The molecule has 0 N–H and O–H groups in total. The summed E-state index contributed by atoms with van der Waals surface area (Å²) in [6.07, 6.45) is 0. The van der Waals surface area contributed by atoms with Crippen LogP contribution in [0.4, 0.5) is 0 Å². The van der Waals surface area contributed by atoms with E-state index in [1.54, 1.807) is 0 Å². The van der Waals surface area contributed by atoms with Crippen molar-refractivity contribution >= 4 is 34.6 Å². The van der Waals surface area contributed by atoms with Gasteiger partial charge in [-0.15, -0.1) is 0 Å². The second kappa shape index (κ2) is 10.4. The van der Waals surface area contributed by atoms with Crippen molar-refractivity contribution < 1.29 is 38.1 Å². The maximum absolute atomic E-state index is 12.1. The normalized spacial score (nSPS) is 10.1. The van der Waals surface area contributed by atoms with Gasteiger partial charge in [0.25, 0.3) is 0 Å². The summed E-state index contributed by atoms with van der Waals surface area (Å²) in [4.78, 5) is 48.5. The van der Waals surface area contributed by atoms with Crippen LogP contribution in [-0.2, 0) is 19.2 Å². The number of hydrogen-bond acceptors (Lipinski definition) is 8. The van der Waals surface area contributed by atoms with Crippen molar-refractivity contribution in [2.45, 2.75) is 27.7 Å². The van der Waals surface area contributed by atoms with E-state index in [4.69, 9.17) is 18.9 Å². The van der Waals surface area contributed by atoms with Gasteiger partial charge < -0.3 is 18.9 Å². The van der Waals surface area contributed by atoms with Crippen LogP contribution in [0.15, 0.2) is 72.9 Å². The van der Waals surface area contributed by atoms with E-state index in [0.29, 0.717) is 10.8 Å². The molecule has 176 valence electrons. The predicted molar refractivity (Wildman–Crippen MR) is 126 cm³/mol. The Morgan fingerprint density at radius 3 is 0.794 bits per heavy atom. The van der Waals surface area contributed by atoms with Crippen LogP contribution in [-0.4, -0.2) is 23.9 Å². The molecule has 8 heteroatoms. The number of ether oxygens (including phenoxy) is 4. The summed E-state index contributed by atoms with van der Waals surface area (Å²) in [5.41, 5.74) is 0.483. The van der Waals surface area contributed by atoms with Crippen molar-refractivity contribution in [2.75, 3.05) is 0 Å². The van der Waals surface area contributed by atoms with Crippen molar-refractivity contribution in [1.82, 2.24) is 0 Å². The van der Waals surface area contributed by atoms with Crippen LogP contribution >= 0.6 is 0 Å². The number of esters is 4. The van der Waals surface area contributed by atoms with Gasteiger partial charge in [-0.3, -0.25) is 0 Å². The molecular formula is C26H24O8. The fourth-order valence-electron chi connectivity index (χ4n) is 2.33. The molecular weight excluding hydrogens is 440 g/mol. The van der Waals surface area contributed by atoms with E-state index in [0.717, 1.165) is 0 Å². The molecule has 34 heavy (non-hydrogen) atoms. The minimum absolute atomic E-state index is 0.0843. The van der Waals surface area contributed by atoms with Crippen molar-refractivity contribution in [1.29, 1.82) is 0 Å². The van der Waals surface area contributed by atoms with E-state index in [-0.39, 0.29) is 45.3 Å². The van der Waals surface area contributed by atoms with Gasteiger partial charge in [0, 0.05) is 22.3 Å². The maximum atomic E-state index is 12.1. The molecule has 2 rings (SSSR count). The summed E-state index contributed by atoms with van der Waals surface area (Å²) in [5, 5.41) is 0.832. The largest absolute Gasteiger partial charge is 0.419 e. The molecule has 0 aliphatic heterocycles. The van der Waals surface area contributed by atoms with Gasteiger partial charge in [-0.25, -0.2) is 19.2 Å². The fourth-order valence-corrected chi connectivity index (χ4v) is 2.33. The Balaban J connectivity index is 2.72. The smallest absolute Gasteiger partial charge is 0.338 e. The van der Waals surface area contributed by atoms with Crippen LogP contribution in [0.3, 0.4) is 0 Å². The molecule has 0 heterocycles. The molecule has 2 aromatic carbocycles. The highest BCUT2D eigenvalue weighted by atomic mass is 16.6. The van der Waals surface area contributed by atoms with E-state index in [9.17, 15) is 19.2 Å². The second-order valence-corrected chi connectivity index (χ2v) is 7.62. The number of hydrogen-bond donors (Lipinski definition) is 0. The van der Waals surface area contributed by atoms with Crippen molar-refractivity contribution in [3.8, 4) is 23.0 Å². The molecule has 0 amide bonds. The zero-order valence-electron chi connectivity index (χ0n) is 19.4. The summed E-state index contributed by atoms with van der Waals surface area (Å²) in [5.74, 6) is -3.31. The maximum Gasteiger partial charge on any atom is 0.338 e. The molecule has 0 unspecified atom stereocenters. The predicted octanol–water partition coefficient (Wildman–Crippen LogP) is 4.77. The molecule has 0 aliphatic rings. The van der Waals surface area contributed by atoms with Crippen LogP contribution in [0.2, 0.25) is 0 Å². The first kappa shape index (κ1) is 25.8. The Morgan fingerprint density at radius 2 is 0.647 bits per heavy atom. The summed E-state index contributed by atoms with van der Waals surface area (Å²) in [6.45, 7) is 20.0. The first-order valence-electron chi connectivity index (χ1n) is 9.92. The van der Waals surface area contributed by atoms with Gasteiger partial charge in [-0.1, -0.05) is 26.3 Å². The third kappa shape index (κ3) is 6.29. The lowest BCUT2D eigenvalue weighted by Crippen LogP contribution is -2.13. The first-order valence-corrected chi connectivity index (χ1v) is 9.92. The van der Waals surface area contributed by atoms with Crippen LogP contribution in [0.5, 0.6) is 23.0 Å². The van der Waals surface area contributed by atoms with Crippen LogP contribution in [0.25, 0.3) is 10.8 Å². The molecule has 2 aromatic rings. The molecule has 0 atom stereocenters. The lowest BCUT2D eigenvalue weighted by Gasteiger charge is -2.15. The van der Waals surface area contributed by atoms with E-state index in [1.807, 2.05) is 0 Å². The minimum atomic E-state index is -0.743. The monoisotopic (exact) mass is 464 g/mol. The molecule has 0 saturated heterocycles. The summed E-state index contributed by atoms with van der Waals surface area (Å²) in [7, 11) is 0. The average Bonchev–Trinajstić information content (AvgIpc) is 2.74. The van der Waals surface area contributed by atoms with Crippen LogP contribution in [0, 0.1) is 0 Å². The quantitative estimate of drug-likeness (QED) is 0.313. The Labute approximate surface area is 196 Å². The number of carbonyl (C=O) groups excluding carboxylic acids is 4. The summed E-state index contributed by atoms with van der Waals surface area (Å²) < 4.78 is 21.3. The van der Waals surface area contributed by atoms with Crippen LogP contribution in [0.1, 0.15) is 27.7 Å². The topological polar surface area (TPSA) is 105 Å². The minimum Gasteiger partial charge on any atom is -0.419 e. The highest BCUT2D eigenvalue weighted by Crippen LogP contribution is 2.39. The molecule has 0 fully saturated rings. The van der Waals surface area contributed by atoms with E-state index >= 15 is 0 Å². The molecule has 0 aromatic heterocycles. The number of benzene rings is 2. The van der Waals surface area contributed by atoms with Gasteiger partial charge in [-0.2, -0.15) is 0 Å². The highest BCUT2D eigenvalue weighted by molar-refractivity contribution is 5.97. The molecule has 0 radical (unpaired) electrons. The second-order valence-electron chi connectivity index (χ2n) is 7.62. The lowest BCUT2D eigenvalue weighted by atomic mass is 10.1. The van der Waals surface area contributed by atoms with E-state index in [2.05, 4.69) is 26.3 Å². The SMILES string of the molecule is C=C(C)C(=O)Oc1cc2cc(OC(=O)C(=C)C)c(OC(=O)C(=C)C)cc2cc1OC(=O)C(=C)C. The van der Waals surface area contributed by atoms with Crippen LogP contribution < -0.4 is 18.9 Å². The highest BCUT2D eigenvalue weighted by Gasteiger charge is 2.20. The number of carbonyl (C=O) groups is 4.